The molecule has 1 aromatic heterocycles. The van der Waals surface area contributed by atoms with E-state index < -0.39 is 5.82 Å². The SMILES string of the molecule is Cc1ccc2nc(N(CC[NH+]3CCOCC3)C(=O)c3cccc(F)c3)sc2c1. The summed E-state index contributed by atoms with van der Waals surface area (Å²) in [7, 11) is 0. The molecule has 28 heavy (non-hydrogen) atoms. The van der Waals surface area contributed by atoms with Gasteiger partial charge < -0.3 is 9.64 Å². The highest BCUT2D eigenvalue weighted by Crippen LogP contribution is 2.30. The average Bonchev–Trinajstić information content (AvgIpc) is 3.11. The van der Waals surface area contributed by atoms with Gasteiger partial charge in [-0.2, -0.15) is 0 Å². The largest absolute Gasteiger partial charge is 0.370 e. The number of ether oxygens (including phenoxy) is 1. The van der Waals surface area contributed by atoms with E-state index in [0.717, 1.165) is 48.6 Å². The molecule has 0 aliphatic carbocycles. The molecule has 0 saturated carbocycles. The molecule has 0 radical (unpaired) electrons. The van der Waals surface area contributed by atoms with Gasteiger partial charge in [-0.15, -0.1) is 0 Å². The summed E-state index contributed by atoms with van der Waals surface area (Å²) in [6.07, 6.45) is 0. The molecule has 1 aliphatic rings. The summed E-state index contributed by atoms with van der Waals surface area (Å²) >= 11 is 1.50. The molecule has 2 aromatic carbocycles. The number of morpholine rings is 1. The van der Waals surface area contributed by atoms with Gasteiger partial charge in [-0.3, -0.25) is 9.69 Å². The van der Waals surface area contributed by atoms with E-state index in [1.165, 1.54) is 28.4 Å². The molecule has 1 aliphatic heterocycles. The van der Waals surface area contributed by atoms with Crippen LogP contribution in [0.5, 0.6) is 0 Å². The molecule has 0 spiro atoms. The Balaban J connectivity index is 1.63. The van der Waals surface area contributed by atoms with Gasteiger partial charge in [0.2, 0.25) is 0 Å². The number of benzene rings is 2. The van der Waals surface area contributed by atoms with Crippen molar-refractivity contribution >= 4 is 32.6 Å². The van der Waals surface area contributed by atoms with Gasteiger partial charge in [0.15, 0.2) is 5.13 Å². The predicted octanol–water partition coefficient (Wildman–Crippen LogP) is 2.31. The molecule has 1 N–H and O–H groups in total. The van der Waals surface area contributed by atoms with Crippen LogP contribution in [0.25, 0.3) is 10.2 Å². The molecular weight excluding hydrogens is 377 g/mol. The molecule has 7 heteroatoms. The number of carbonyl (C=O) groups excluding carboxylic acids is 1. The summed E-state index contributed by atoms with van der Waals surface area (Å²) in [5.41, 5.74) is 2.37. The van der Waals surface area contributed by atoms with Crippen molar-refractivity contribution in [1.29, 1.82) is 0 Å². The lowest BCUT2D eigenvalue weighted by molar-refractivity contribution is -0.906. The maximum atomic E-state index is 13.7. The van der Waals surface area contributed by atoms with Gasteiger partial charge in [0, 0.05) is 5.56 Å². The van der Waals surface area contributed by atoms with Gasteiger partial charge in [-0.05, 0) is 42.8 Å². The Morgan fingerprint density at radius 3 is 2.86 bits per heavy atom. The van der Waals surface area contributed by atoms with Crippen molar-refractivity contribution in [3.05, 3.63) is 59.4 Å². The molecule has 146 valence electrons. The third-order valence-electron chi connectivity index (χ3n) is 4.97. The van der Waals surface area contributed by atoms with Crippen LogP contribution >= 0.6 is 11.3 Å². The lowest BCUT2D eigenvalue weighted by Gasteiger charge is -2.27. The third kappa shape index (κ3) is 4.22. The Kier molecular flexibility index (Phi) is 5.66. The summed E-state index contributed by atoms with van der Waals surface area (Å²) in [6, 6.07) is 11.9. The van der Waals surface area contributed by atoms with Crippen LogP contribution in [0.15, 0.2) is 42.5 Å². The van der Waals surface area contributed by atoms with Crippen molar-refractivity contribution in [3.8, 4) is 0 Å². The Bertz CT molecular complexity index is 985. The number of halogens is 1. The first-order valence-electron chi connectivity index (χ1n) is 9.46. The number of quaternary nitrogens is 1. The van der Waals surface area contributed by atoms with Crippen LogP contribution in [0.1, 0.15) is 15.9 Å². The number of hydrogen-bond acceptors (Lipinski definition) is 4. The van der Waals surface area contributed by atoms with Crippen molar-refractivity contribution in [2.24, 2.45) is 0 Å². The Hall–Kier alpha value is -2.35. The number of nitrogens with zero attached hydrogens (tertiary/aromatic N) is 2. The Labute approximate surface area is 167 Å². The van der Waals surface area contributed by atoms with Crippen LogP contribution < -0.4 is 9.80 Å². The highest BCUT2D eigenvalue weighted by atomic mass is 32.1. The topological polar surface area (TPSA) is 46.9 Å². The van der Waals surface area contributed by atoms with Gasteiger partial charge in [0.1, 0.15) is 18.9 Å². The zero-order valence-electron chi connectivity index (χ0n) is 15.8. The summed E-state index contributed by atoms with van der Waals surface area (Å²) in [6.45, 7) is 6.72. The second-order valence-corrected chi connectivity index (χ2v) is 8.06. The normalized spacial score (nSPS) is 15.1. The minimum absolute atomic E-state index is 0.220. The molecule has 0 unspecified atom stereocenters. The predicted molar refractivity (Wildman–Crippen MR) is 109 cm³/mol. The van der Waals surface area contributed by atoms with E-state index in [9.17, 15) is 9.18 Å². The van der Waals surface area contributed by atoms with E-state index in [4.69, 9.17) is 4.74 Å². The average molecular weight is 400 g/mol. The van der Waals surface area contributed by atoms with E-state index in [2.05, 4.69) is 11.1 Å². The van der Waals surface area contributed by atoms with Crippen molar-refractivity contribution in [2.75, 3.05) is 44.3 Å². The van der Waals surface area contributed by atoms with Crippen LogP contribution in [-0.4, -0.2) is 50.3 Å². The molecule has 5 nitrogen and oxygen atoms in total. The standard InChI is InChI=1S/C21H22FN3O2S/c1-15-5-6-18-19(13-15)28-21(23-18)25(8-7-24-9-11-27-12-10-24)20(26)16-3-2-4-17(22)14-16/h2-6,13-14H,7-12H2,1H3/p+1. The number of carbonyl (C=O) groups is 1. The number of anilines is 1. The van der Waals surface area contributed by atoms with Crippen molar-refractivity contribution in [3.63, 3.8) is 0 Å². The first kappa shape index (κ1) is 19.0. The van der Waals surface area contributed by atoms with Crippen LogP contribution in [-0.2, 0) is 4.74 Å². The zero-order chi connectivity index (χ0) is 19.5. The quantitative estimate of drug-likeness (QED) is 0.715. The maximum absolute atomic E-state index is 13.7. The van der Waals surface area contributed by atoms with Gasteiger partial charge in [-0.1, -0.05) is 23.5 Å². The molecule has 1 fully saturated rings. The van der Waals surface area contributed by atoms with Gasteiger partial charge >= 0.3 is 0 Å². The fourth-order valence-corrected chi connectivity index (χ4v) is 4.46. The first-order valence-corrected chi connectivity index (χ1v) is 10.3. The fraction of sp³-hybridized carbons (Fsp3) is 0.333. The van der Waals surface area contributed by atoms with E-state index >= 15 is 0 Å². The number of rotatable bonds is 5. The van der Waals surface area contributed by atoms with Gasteiger partial charge in [0.05, 0.1) is 36.5 Å². The molecular formula is C21H23FN3O2S+. The van der Waals surface area contributed by atoms with Crippen LogP contribution in [0, 0.1) is 12.7 Å². The number of thiazole rings is 1. The second-order valence-electron chi connectivity index (χ2n) is 7.05. The van der Waals surface area contributed by atoms with Crippen molar-refractivity contribution in [1.82, 2.24) is 4.98 Å². The van der Waals surface area contributed by atoms with E-state index in [1.807, 2.05) is 19.1 Å². The fourth-order valence-electron chi connectivity index (χ4n) is 3.38. The number of hydrogen-bond donors (Lipinski definition) is 1. The zero-order valence-corrected chi connectivity index (χ0v) is 16.6. The lowest BCUT2D eigenvalue weighted by atomic mass is 10.2. The molecule has 4 rings (SSSR count). The minimum atomic E-state index is -0.412. The minimum Gasteiger partial charge on any atom is -0.370 e. The second kappa shape index (κ2) is 8.34. The molecule has 2 heterocycles. The number of fused-ring (bicyclic) bond motifs is 1. The summed E-state index contributed by atoms with van der Waals surface area (Å²) in [4.78, 5) is 21.0. The number of aryl methyl sites for hydroxylation is 1. The van der Waals surface area contributed by atoms with Crippen molar-refractivity contribution in [2.45, 2.75) is 6.92 Å². The first-order chi connectivity index (χ1) is 13.6. The summed E-state index contributed by atoms with van der Waals surface area (Å²) in [5.74, 6) is -0.632. The molecule has 0 atom stereocenters. The van der Waals surface area contributed by atoms with Crippen LogP contribution in [0.4, 0.5) is 9.52 Å². The highest BCUT2D eigenvalue weighted by Gasteiger charge is 2.24. The monoisotopic (exact) mass is 400 g/mol. The van der Waals surface area contributed by atoms with E-state index in [1.54, 1.807) is 17.0 Å². The lowest BCUT2D eigenvalue weighted by Crippen LogP contribution is -3.14. The number of aromatic nitrogens is 1. The number of nitrogens with one attached hydrogen (secondary N) is 1. The van der Waals surface area contributed by atoms with Crippen LogP contribution in [0.3, 0.4) is 0 Å². The molecule has 0 bridgehead atoms. The van der Waals surface area contributed by atoms with Crippen molar-refractivity contribution < 1.29 is 18.8 Å². The van der Waals surface area contributed by atoms with Crippen LogP contribution in [0.2, 0.25) is 0 Å². The van der Waals surface area contributed by atoms with Gasteiger partial charge in [-0.25, -0.2) is 9.37 Å². The van der Waals surface area contributed by atoms with E-state index in [-0.39, 0.29) is 5.91 Å². The molecule has 1 saturated heterocycles. The number of amides is 1. The molecule has 1 amide bonds. The summed E-state index contributed by atoms with van der Waals surface area (Å²) in [5, 5.41) is 0.655. The summed E-state index contributed by atoms with van der Waals surface area (Å²) < 4.78 is 20.1. The maximum Gasteiger partial charge on any atom is 0.260 e. The Morgan fingerprint density at radius 2 is 2.07 bits per heavy atom. The highest BCUT2D eigenvalue weighted by molar-refractivity contribution is 7.22. The Morgan fingerprint density at radius 1 is 1.25 bits per heavy atom. The third-order valence-corrected chi connectivity index (χ3v) is 6.01. The van der Waals surface area contributed by atoms with Gasteiger partial charge in [0.25, 0.3) is 5.91 Å². The van der Waals surface area contributed by atoms with E-state index in [0.29, 0.717) is 17.2 Å². The molecule has 3 aromatic rings. The smallest absolute Gasteiger partial charge is 0.260 e.